The van der Waals surface area contributed by atoms with Crippen molar-refractivity contribution in [1.82, 2.24) is 0 Å². The minimum Gasteiger partial charge on any atom is -0.481 e. The number of ether oxygens (including phenoxy) is 2. The highest BCUT2D eigenvalue weighted by atomic mass is 16.5. The molecule has 0 aromatic rings. The first-order valence-corrected chi connectivity index (χ1v) is 17.9. The van der Waals surface area contributed by atoms with Crippen LogP contribution in [0.3, 0.4) is 0 Å². The number of carbonyl (C=O) groups is 3. The van der Waals surface area contributed by atoms with Crippen LogP contribution >= 0.6 is 0 Å². The average molecular weight is 615 g/mol. The molecular formula is C38H62O6. The van der Waals surface area contributed by atoms with E-state index in [0.717, 1.165) is 37.5 Å². The molecule has 5 fully saturated rings. The Hall–Kier alpha value is -1.59. The lowest BCUT2D eigenvalue weighted by molar-refractivity contribution is -0.249. The van der Waals surface area contributed by atoms with Gasteiger partial charge < -0.3 is 14.6 Å². The van der Waals surface area contributed by atoms with E-state index >= 15 is 0 Å². The molecule has 0 heterocycles. The van der Waals surface area contributed by atoms with Crippen molar-refractivity contribution >= 4 is 17.9 Å². The Balaban J connectivity index is 1.34. The van der Waals surface area contributed by atoms with Gasteiger partial charge in [-0.2, -0.15) is 0 Å². The Morgan fingerprint density at radius 1 is 0.795 bits per heavy atom. The molecule has 5 saturated carbocycles. The van der Waals surface area contributed by atoms with Crippen molar-refractivity contribution in [1.29, 1.82) is 0 Å². The molecule has 6 heteroatoms. The van der Waals surface area contributed by atoms with Gasteiger partial charge in [0.15, 0.2) is 0 Å². The normalized spacial score (nSPS) is 42.8. The number of hydrogen-bond donors (Lipinski definition) is 1. The van der Waals surface area contributed by atoms with E-state index < -0.39 is 11.4 Å². The highest BCUT2D eigenvalue weighted by molar-refractivity contribution is 5.81. The summed E-state index contributed by atoms with van der Waals surface area (Å²) in [6, 6.07) is 0. The third-order valence-corrected chi connectivity index (χ3v) is 15.1. The smallest absolute Gasteiger partial charge is 0.309 e. The minimum atomic E-state index is -1.13. The van der Waals surface area contributed by atoms with Crippen LogP contribution in [0.25, 0.3) is 0 Å². The molecule has 0 aliphatic heterocycles. The molecule has 2 unspecified atom stereocenters. The fourth-order valence-electron chi connectivity index (χ4n) is 12.6. The maximum Gasteiger partial charge on any atom is 0.309 e. The highest BCUT2D eigenvalue weighted by Crippen LogP contribution is 2.77. The first-order valence-electron chi connectivity index (χ1n) is 17.9. The summed E-state index contributed by atoms with van der Waals surface area (Å²) in [5.74, 6) is 1.19. The van der Waals surface area contributed by atoms with E-state index in [1.165, 1.54) is 51.4 Å². The van der Waals surface area contributed by atoms with Crippen molar-refractivity contribution in [2.24, 2.45) is 56.2 Å². The lowest BCUT2D eigenvalue weighted by Crippen LogP contribution is -2.66. The molecule has 5 aliphatic rings. The highest BCUT2D eigenvalue weighted by Gasteiger charge is 2.70. The minimum absolute atomic E-state index is 0.0234. The van der Waals surface area contributed by atoms with Gasteiger partial charge in [0.25, 0.3) is 0 Å². The van der Waals surface area contributed by atoms with E-state index in [1.54, 1.807) is 13.8 Å². The quantitative estimate of drug-likeness (QED) is 0.275. The fourth-order valence-corrected chi connectivity index (χ4v) is 12.6. The van der Waals surface area contributed by atoms with Crippen molar-refractivity contribution in [3.05, 3.63) is 0 Å². The third kappa shape index (κ3) is 5.24. The second-order valence-corrected chi connectivity index (χ2v) is 18.3. The van der Waals surface area contributed by atoms with Gasteiger partial charge in [-0.05, 0) is 144 Å². The van der Waals surface area contributed by atoms with Gasteiger partial charge in [0, 0.05) is 11.8 Å². The molecule has 6 nitrogen and oxygen atoms in total. The predicted molar refractivity (Wildman–Crippen MR) is 172 cm³/mol. The van der Waals surface area contributed by atoms with Gasteiger partial charge in [-0.15, -0.1) is 0 Å². The molecule has 0 saturated heterocycles. The van der Waals surface area contributed by atoms with Crippen LogP contribution in [0.4, 0.5) is 0 Å². The molecule has 0 amide bonds. The van der Waals surface area contributed by atoms with E-state index in [0.29, 0.717) is 29.1 Å². The lowest BCUT2D eigenvalue weighted by Gasteiger charge is -2.72. The summed E-state index contributed by atoms with van der Waals surface area (Å²) in [7, 11) is 0. The predicted octanol–water partition coefficient (Wildman–Crippen LogP) is 8.99. The number of rotatable bonds is 8. The number of hydrogen-bond acceptors (Lipinski definition) is 5. The van der Waals surface area contributed by atoms with Crippen molar-refractivity contribution in [3.63, 3.8) is 0 Å². The number of carboxylic acid groups (broad SMARTS) is 1. The Morgan fingerprint density at radius 2 is 1.50 bits per heavy atom. The molecule has 0 bridgehead atoms. The Labute approximate surface area is 267 Å². The van der Waals surface area contributed by atoms with Gasteiger partial charge >= 0.3 is 17.9 Å². The summed E-state index contributed by atoms with van der Waals surface area (Å²) in [5.41, 5.74) is -0.206. The van der Waals surface area contributed by atoms with Gasteiger partial charge in [0.05, 0.1) is 17.9 Å². The second-order valence-electron chi connectivity index (χ2n) is 18.3. The number of aliphatic carboxylic acids is 1. The maximum atomic E-state index is 13.0. The van der Waals surface area contributed by atoms with Crippen LogP contribution in [-0.2, 0) is 23.9 Å². The zero-order valence-corrected chi connectivity index (χ0v) is 29.4. The summed E-state index contributed by atoms with van der Waals surface area (Å²) in [6.07, 6.45) is 14.5. The first-order chi connectivity index (χ1) is 20.3. The van der Waals surface area contributed by atoms with Gasteiger partial charge in [-0.25, -0.2) is 0 Å². The summed E-state index contributed by atoms with van der Waals surface area (Å²) in [4.78, 5) is 37.2. The van der Waals surface area contributed by atoms with Crippen molar-refractivity contribution in [3.8, 4) is 0 Å². The number of carbonyl (C=O) groups excluding carboxylic acids is 2. The SMILES string of the molecule is CC(C)OC(=O)CC[C@]12CCC[C@@H]1[C@H]1CCC3[C@@]4(C)CC[C@H](OC(=O)CC(C)(C)C(=O)O)C(C)(C)C4CC[C@@]3(C)[C@]1(C)CC2. The monoisotopic (exact) mass is 614 g/mol. The van der Waals surface area contributed by atoms with Crippen LogP contribution in [0.2, 0.25) is 0 Å². The molecule has 5 rings (SSSR count). The van der Waals surface area contributed by atoms with E-state index in [4.69, 9.17) is 9.47 Å². The molecule has 250 valence electrons. The average Bonchev–Trinajstić information content (AvgIpc) is 3.33. The molecule has 9 atom stereocenters. The fraction of sp³-hybridized carbons (Fsp3) is 0.921. The zero-order chi connectivity index (χ0) is 32.5. The van der Waals surface area contributed by atoms with Crippen molar-refractivity contribution in [2.45, 2.75) is 164 Å². The molecule has 0 aromatic heterocycles. The van der Waals surface area contributed by atoms with E-state index in [2.05, 4.69) is 34.6 Å². The summed E-state index contributed by atoms with van der Waals surface area (Å²) in [5, 5.41) is 9.54. The number of carboxylic acids is 1. The van der Waals surface area contributed by atoms with E-state index in [1.807, 2.05) is 13.8 Å². The van der Waals surface area contributed by atoms with Gasteiger partial charge in [0.1, 0.15) is 6.10 Å². The van der Waals surface area contributed by atoms with Gasteiger partial charge in [-0.1, -0.05) is 41.0 Å². The van der Waals surface area contributed by atoms with Gasteiger partial charge in [0.2, 0.25) is 0 Å². The zero-order valence-electron chi connectivity index (χ0n) is 29.4. The first kappa shape index (κ1) is 33.8. The molecule has 0 aromatic carbocycles. The van der Waals surface area contributed by atoms with Crippen LogP contribution in [0.5, 0.6) is 0 Å². The molecule has 0 radical (unpaired) electrons. The Morgan fingerprint density at radius 3 is 2.16 bits per heavy atom. The standard InChI is InChI=1S/C38H62O6/c1-24(2)43-30(39)16-20-38-17-10-11-26(38)25-12-13-28-35(7)18-15-29(44-31(40)23-33(3,4)32(41)42)34(5,6)27(35)14-19-37(28,9)36(25,8)21-22-38/h24-29H,10-23H2,1-9H3,(H,41,42)/t25-,26-,27?,28?,29+,35+,36-,37-,38+/m1/s1. The summed E-state index contributed by atoms with van der Waals surface area (Å²) in [6.45, 7) is 19.6. The van der Waals surface area contributed by atoms with Crippen LogP contribution < -0.4 is 0 Å². The molecular weight excluding hydrogens is 552 g/mol. The summed E-state index contributed by atoms with van der Waals surface area (Å²) < 4.78 is 11.7. The summed E-state index contributed by atoms with van der Waals surface area (Å²) >= 11 is 0. The third-order valence-electron chi connectivity index (χ3n) is 15.1. The second kappa shape index (κ2) is 11.3. The topological polar surface area (TPSA) is 89.9 Å². The van der Waals surface area contributed by atoms with Crippen LogP contribution in [0.1, 0.15) is 152 Å². The van der Waals surface area contributed by atoms with Crippen LogP contribution in [-0.4, -0.2) is 35.2 Å². The van der Waals surface area contributed by atoms with Gasteiger partial charge in [-0.3, -0.25) is 14.4 Å². The Kier molecular flexibility index (Phi) is 8.66. The maximum absolute atomic E-state index is 13.0. The molecule has 5 aliphatic carbocycles. The van der Waals surface area contributed by atoms with Crippen molar-refractivity contribution < 1.29 is 29.0 Å². The van der Waals surface area contributed by atoms with Crippen LogP contribution in [0.15, 0.2) is 0 Å². The Bertz CT molecular complexity index is 1140. The molecule has 1 N–H and O–H groups in total. The van der Waals surface area contributed by atoms with Crippen LogP contribution in [0, 0.1) is 56.2 Å². The molecule has 0 spiro atoms. The van der Waals surface area contributed by atoms with E-state index in [-0.39, 0.29) is 46.8 Å². The number of esters is 2. The van der Waals surface area contributed by atoms with Crippen molar-refractivity contribution in [2.75, 3.05) is 0 Å². The van der Waals surface area contributed by atoms with E-state index in [9.17, 15) is 19.5 Å². The lowest BCUT2D eigenvalue weighted by atomic mass is 9.32. The number of fused-ring (bicyclic) bond motifs is 7. The molecule has 44 heavy (non-hydrogen) atoms. The largest absolute Gasteiger partial charge is 0.481 e.